The molecule has 4 nitrogen and oxygen atoms in total. The second-order valence-electron chi connectivity index (χ2n) is 0.211. The van der Waals surface area contributed by atoms with Gasteiger partial charge in [0.25, 0.3) is 12.9 Å². The molecule has 0 heterocycles. The van der Waals surface area contributed by atoms with Crippen molar-refractivity contribution in [3.05, 3.63) is 0 Å². The fraction of sp³-hybridized carbons (Fsp3) is 0. The molecule has 0 spiro atoms. The van der Waals surface area contributed by atoms with Crippen LogP contribution in [0.2, 0.25) is 0 Å². The van der Waals surface area contributed by atoms with E-state index >= 15 is 0 Å². The molecule has 0 saturated carbocycles. The van der Waals surface area contributed by atoms with Crippen molar-refractivity contribution in [2.45, 2.75) is 0 Å². The van der Waals surface area contributed by atoms with E-state index < -0.39 is 0 Å². The van der Waals surface area contributed by atoms with Crippen LogP contribution >= 0.6 is 0 Å². The Balaban J connectivity index is -0.0000000160. The van der Waals surface area contributed by atoms with E-state index in [2.05, 4.69) is 0 Å². The summed E-state index contributed by atoms with van der Waals surface area (Å²) in [6, 6.07) is 0. The first kappa shape index (κ1) is 24.5. The summed E-state index contributed by atoms with van der Waals surface area (Å²) in [5, 5.41) is 13.8. The fourth-order valence-corrected chi connectivity index (χ4v) is 0. The normalized spacial score (nSPS) is 3.00. The molecule has 0 atom stereocenters. The van der Waals surface area contributed by atoms with Gasteiger partial charge in [-0.1, -0.05) is 0 Å². The molecule has 8 heavy (non-hydrogen) atoms. The van der Waals surface area contributed by atoms with Crippen molar-refractivity contribution >= 4 is 12.9 Å². The van der Waals surface area contributed by atoms with Gasteiger partial charge in [-0.2, -0.15) is 0 Å². The Morgan fingerprint density at radius 1 is 0.875 bits per heavy atom. The van der Waals surface area contributed by atoms with Crippen molar-refractivity contribution in [1.82, 2.24) is 0 Å². The van der Waals surface area contributed by atoms with E-state index in [1.807, 2.05) is 0 Å². The molecule has 0 aromatic carbocycles. The zero-order chi connectivity index (χ0) is 5.41. The van der Waals surface area contributed by atoms with Gasteiger partial charge < -0.3 is 10.2 Å². The first-order valence-electron chi connectivity index (χ1n) is 0.988. The summed E-state index contributed by atoms with van der Waals surface area (Å²) in [5.41, 5.74) is 0. The van der Waals surface area contributed by atoms with Gasteiger partial charge in [0.05, 0.1) is 0 Å². The van der Waals surface area contributed by atoms with Crippen LogP contribution in [0.5, 0.6) is 0 Å². The van der Waals surface area contributed by atoms with Crippen molar-refractivity contribution in [1.29, 1.82) is 0 Å². The van der Waals surface area contributed by atoms with E-state index in [0.29, 0.717) is 0 Å². The Morgan fingerprint density at radius 2 is 0.875 bits per heavy atom. The van der Waals surface area contributed by atoms with E-state index in [4.69, 9.17) is 19.8 Å². The van der Waals surface area contributed by atoms with Gasteiger partial charge in [-0.15, -0.1) is 0 Å². The predicted octanol–water partition coefficient (Wildman–Crippen LogP) is -0.603. The molecule has 0 amide bonds. The predicted molar refractivity (Wildman–Crippen MR) is 17.4 cm³/mol. The van der Waals surface area contributed by atoms with Crippen molar-refractivity contribution < 1.29 is 53.9 Å². The Kier molecular flexibility index (Phi) is 195. The molecule has 0 aliphatic heterocycles. The fourth-order valence-electron chi connectivity index (χ4n) is 0. The Labute approximate surface area is 67.2 Å². The average molecular weight is 219 g/mol. The molecule has 0 aromatic rings. The summed E-state index contributed by atoms with van der Waals surface area (Å²) in [6.07, 6.45) is 0. The first-order valence-corrected chi connectivity index (χ1v) is 0.988. The number of hydrogen-bond donors (Lipinski definition) is 2. The third kappa shape index (κ3) is 335000. The molecule has 0 aliphatic rings. The van der Waals surface area contributed by atoms with Gasteiger partial charge in [0.15, 0.2) is 0 Å². The summed E-state index contributed by atoms with van der Waals surface area (Å²) < 4.78 is 0. The van der Waals surface area contributed by atoms with Gasteiger partial charge in [-0.05, 0) is 0 Å². The minimum Gasteiger partial charge on any atom is -0.483 e. The zero-order valence-corrected chi connectivity index (χ0v) is 5.35. The molecule has 0 aromatic heterocycles. The van der Waals surface area contributed by atoms with Crippen molar-refractivity contribution in [3.63, 3.8) is 0 Å². The van der Waals surface area contributed by atoms with E-state index in [1.165, 1.54) is 0 Å². The minimum atomic E-state index is -0.250. The van der Waals surface area contributed by atoms with Crippen LogP contribution in [0, 0.1) is 0 Å². The van der Waals surface area contributed by atoms with Crippen molar-refractivity contribution in [3.8, 4) is 0 Å². The van der Waals surface area contributed by atoms with Crippen LogP contribution in [0.25, 0.3) is 0 Å². The Morgan fingerprint density at radius 3 is 0.875 bits per heavy atom. The topological polar surface area (TPSA) is 74.6 Å². The summed E-state index contributed by atoms with van der Waals surface area (Å²) >= 11 is 0. The molecule has 0 bridgehead atoms. The SMILES string of the molecule is O=CO.O=CO.[Cu].[Cu]. The second-order valence-corrected chi connectivity index (χ2v) is 0.211. The van der Waals surface area contributed by atoms with Gasteiger partial charge in [0.2, 0.25) is 0 Å². The number of hydrogen-bond acceptors (Lipinski definition) is 2. The maximum absolute atomic E-state index is 8.36. The summed E-state index contributed by atoms with van der Waals surface area (Å²) in [6.45, 7) is -0.500. The van der Waals surface area contributed by atoms with Crippen LogP contribution in [0.15, 0.2) is 0 Å². The Bertz CT molecular complexity index is 33.0. The molecule has 0 aliphatic carbocycles. The summed E-state index contributed by atoms with van der Waals surface area (Å²) in [7, 11) is 0. The van der Waals surface area contributed by atoms with E-state index in [9.17, 15) is 0 Å². The number of rotatable bonds is 0. The summed E-state index contributed by atoms with van der Waals surface area (Å²) in [5.74, 6) is 0. The average Bonchev–Trinajstić information content (AvgIpc) is 1.39. The second kappa shape index (κ2) is 63.7. The molecular formula is C2H4Cu2O4. The van der Waals surface area contributed by atoms with Crippen LogP contribution in [-0.4, -0.2) is 23.2 Å². The molecule has 0 saturated heterocycles. The maximum Gasteiger partial charge on any atom is 0.290 e. The van der Waals surface area contributed by atoms with Gasteiger partial charge in [-0.25, -0.2) is 0 Å². The zero-order valence-electron chi connectivity index (χ0n) is 3.47. The van der Waals surface area contributed by atoms with Gasteiger partial charge in [0, 0.05) is 34.1 Å². The van der Waals surface area contributed by atoms with E-state index in [-0.39, 0.29) is 47.1 Å². The smallest absolute Gasteiger partial charge is 0.290 e. The monoisotopic (exact) mass is 218 g/mol. The molecular weight excluding hydrogens is 215 g/mol. The third-order valence-corrected chi connectivity index (χ3v) is 0. The van der Waals surface area contributed by atoms with Gasteiger partial charge >= 0.3 is 0 Å². The quantitative estimate of drug-likeness (QED) is 0.421. The standard InChI is InChI=1S/2CH2O2.2Cu/c2*2-1-3;;/h2*1H,(H,2,3);;. The summed E-state index contributed by atoms with van der Waals surface area (Å²) in [4.78, 5) is 16.7. The molecule has 6 heteroatoms. The van der Waals surface area contributed by atoms with Crippen LogP contribution in [0.1, 0.15) is 0 Å². The maximum atomic E-state index is 8.36. The molecule has 2 N–H and O–H groups in total. The number of carboxylic acid groups (broad SMARTS) is 2. The molecule has 0 rings (SSSR count). The van der Waals surface area contributed by atoms with Crippen LogP contribution in [-0.2, 0) is 43.7 Å². The molecule has 0 fully saturated rings. The number of carbonyl (C=O) groups is 2. The largest absolute Gasteiger partial charge is 0.483 e. The van der Waals surface area contributed by atoms with Gasteiger partial charge in [0.1, 0.15) is 0 Å². The van der Waals surface area contributed by atoms with Crippen molar-refractivity contribution in [2.24, 2.45) is 0 Å². The van der Waals surface area contributed by atoms with E-state index in [0.717, 1.165) is 0 Å². The molecule has 2 radical (unpaired) electrons. The third-order valence-electron chi connectivity index (χ3n) is 0. The molecule has 0 unspecified atom stereocenters. The van der Waals surface area contributed by atoms with Crippen LogP contribution in [0.3, 0.4) is 0 Å². The minimum absolute atomic E-state index is 0. The Hall–Kier alpha value is -0.0210. The van der Waals surface area contributed by atoms with Crippen LogP contribution < -0.4 is 0 Å². The van der Waals surface area contributed by atoms with Crippen LogP contribution in [0.4, 0.5) is 0 Å². The first-order chi connectivity index (χ1) is 2.83. The van der Waals surface area contributed by atoms with Crippen molar-refractivity contribution in [2.75, 3.05) is 0 Å². The molecule has 58 valence electrons. The van der Waals surface area contributed by atoms with E-state index in [1.54, 1.807) is 0 Å². The van der Waals surface area contributed by atoms with Gasteiger partial charge in [-0.3, -0.25) is 9.59 Å².